The minimum Gasteiger partial charge on any atom is -0.489 e. The average molecular weight is 283 g/mol. The Labute approximate surface area is 122 Å². The fourth-order valence-electron chi connectivity index (χ4n) is 2.38. The lowest BCUT2D eigenvalue weighted by atomic mass is 10.1. The predicted octanol–water partition coefficient (Wildman–Crippen LogP) is 4.25. The highest BCUT2D eigenvalue weighted by Gasteiger charge is 2.08. The third-order valence-electron chi connectivity index (χ3n) is 3.37. The molecule has 0 aliphatic carbocycles. The number of benzene rings is 2. The minimum atomic E-state index is 0.561. The molecular formula is C17H17NOS. The van der Waals surface area contributed by atoms with Crippen molar-refractivity contribution in [1.29, 1.82) is 0 Å². The third-order valence-corrected chi connectivity index (χ3v) is 4.36. The van der Waals surface area contributed by atoms with E-state index in [9.17, 15) is 0 Å². The molecule has 0 saturated heterocycles. The molecule has 3 heteroatoms. The van der Waals surface area contributed by atoms with Gasteiger partial charge in [-0.15, -0.1) is 11.3 Å². The van der Waals surface area contributed by atoms with Gasteiger partial charge in [0.05, 0.1) is 0 Å². The van der Waals surface area contributed by atoms with Crippen molar-refractivity contribution in [2.24, 2.45) is 5.73 Å². The summed E-state index contributed by atoms with van der Waals surface area (Å²) in [5, 5.41) is 3.42. The zero-order valence-electron chi connectivity index (χ0n) is 11.4. The number of ether oxygens (including phenoxy) is 1. The van der Waals surface area contributed by atoms with E-state index in [1.165, 1.54) is 26.8 Å². The highest BCUT2D eigenvalue weighted by atomic mass is 32.1. The summed E-state index contributed by atoms with van der Waals surface area (Å²) >= 11 is 1.75. The molecule has 2 N–H and O–H groups in total. The van der Waals surface area contributed by atoms with Gasteiger partial charge in [0.1, 0.15) is 12.4 Å². The third kappa shape index (κ3) is 2.55. The summed E-state index contributed by atoms with van der Waals surface area (Å²) in [6.07, 6.45) is 0. The van der Waals surface area contributed by atoms with E-state index < -0.39 is 0 Å². The van der Waals surface area contributed by atoms with E-state index in [2.05, 4.69) is 42.6 Å². The molecule has 0 aliphatic rings. The van der Waals surface area contributed by atoms with Crippen LogP contribution in [0.1, 0.15) is 16.7 Å². The van der Waals surface area contributed by atoms with Crippen molar-refractivity contribution in [2.75, 3.05) is 0 Å². The van der Waals surface area contributed by atoms with Gasteiger partial charge in [0.2, 0.25) is 0 Å². The van der Waals surface area contributed by atoms with Crippen molar-refractivity contribution in [3.05, 3.63) is 64.5 Å². The molecule has 0 spiro atoms. The largest absolute Gasteiger partial charge is 0.489 e. The summed E-state index contributed by atoms with van der Waals surface area (Å²) in [5.41, 5.74) is 9.45. The fourth-order valence-corrected chi connectivity index (χ4v) is 3.37. The first-order chi connectivity index (χ1) is 9.78. The van der Waals surface area contributed by atoms with Crippen LogP contribution in [-0.2, 0) is 13.2 Å². The Balaban J connectivity index is 1.88. The molecule has 20 heavy (non-hydrogen) atoms. The summed E-state index contributed by atoms with van der Waals surface area (Å²) < 4.78 is 7.18. The first kappa shape index (κ1) is 13.2. The van der Waals surface area contributed by atoms with Crippen LogP contribution in [0.25, 0.3) is 10.1 Å². The molecule has 3 rings (SSSR count). The van der Waals surface area contributed by atoms with Gasteiger partial charge in [0, 0.05) is 22.2 Å². The molecule has 2 nitrogen and oxygen atoms in total. The van der Waals surface area contributed by atoms with Gasteiger partial charge in [-0.25, -0.2) is 0 Å². The lowest BCUT2D eigenvalue weighted by molar-refractivity contribution is 0.308. The van der Waals surface area contributed by atoms with Gasteiger partial charge in [-0.1, -0.05) is 24.3 Å². The smallest absolute Gasteiger partial charge is 0.120 e. The molecule has 102 valence electrons. The Hall–Kier alpha value is -1.84. The van der Waals surface area contributed by atoms with Crippen LogP contribution < -0.4 is 10.5 Å². The number of nitrogens with two attached hydrogens (primary N) is 1. The van der Waals surface area contributed by atoms with Crippen LogP contribution in [0.2, 0.25) is 0 Å². The van der Waals surface area contributed by atoms with E-state index in [0.29, 0.717) is 13.2 Å². The molecule has 3 aromatic rings. The summed E-state index contributed by atoms with van der Waals surface area (Å²) in [6.45, 7) is 3.21. The Morgan fingerprint density at radius 3 is 2.75 bits per heavy atom. The van der Waals surface area contributed by atoms with Crippen LogP contribution in [0.4, 0.5) is 0 Å². The number of rotatable bonds is 4. The average Bonchev–Trinajstić information content (AvgIpc) is 2.88. The summed E-state index contributed by atoms with van der Waals surface area (Å²) in [6, 6.07) is 14.4. The van der Waals surface area contributed by atoms with Crippen molar-refractivity contribution in [3.63, 3.8) is 0 Å². The van der Waals surface area contributed by atoms with Gasteiger partial charge >= 0.3 is 0 Å². The molecule has 0 fully saturated rings. The van der Waals surface area contributed by atoms with E-state index in [1.807, 2.05) is 12.1 Å². The maximum atomic E-state index is 5.90. The summed E-state index contributed by atoms with van der Waals surface area (Å²) in [5.74, 6) is 0.912. The highest BCUT2D eigenvalue weighted by molar-refractivity contribution is 7.17. The highest BCUT2D eigenvalue weighted by Crippen LogP contribution is 2.30. The number of hydrogen-bond donors (Lipinski definition) is 1. The van der Waals surface area contributed by atoms with E-state index in [0.717, 1.165) is 5.75 Å². The quantitative estimate of drug-likeness (QED) is 0.777. The van der Waals surface area contributed by atoms with Crippen molar-refractivity contribution in [3.8, 4) is 5.75 Å². The van der Waals surface area contributed by atoms with E-state index in [-0.39, 0.29) is 0 Å². The Morgan fingerprint density at radius 1 is 1.10 bits per heavy atom. The van der Waals surface area contributed by atoms with Crippen molar-refractivity contribution in [1.82, 2.24) is 0 Å². The Kier molecular flexibility index (Phi) is 3.72. The zero-order valence-corrected chi connectivity index (χ0v) is 12.2. The van der Waals surface area contributed by atoms with Crippen LogP contribution in [0.3, 0.4) is 0 Å². The van der Waals surface area contributed by atoms with Gasteiger partial charge in [-0.2, -0.15) is 0 Å². The van der Waals surface area contributed by atoms with E-state index in [4.69, 9.17) is 10.5 Å². The fraction of sp³-hybridized carbons (Fsp3) is 0.176. The summed E-state index contributed by atoms with van der Waals surface area (Å²) in [4.78, 5) is 0. The van der Waals surface area contributed by atoms with Crippen LogP contribution >= 0.6 is 11.3 Å². The molecule has 0 amide bonds. The van der Waals surface area contributed by atoms with Gasteiger partial charge in [0.15, 0.2) is 0 Å². The number of hydrogen-bond acceptors (Lipinski definition) is 3. The van der Waals surface area contributed by atoms with E-state index in [1.54, 1.807) is 11.3 Å². The molecular weight excluding hydrogens is 266 g/mol. The minimum absolute atomic E-state index is 0.561. The van der Waals surface area contributed by atoms with Crippen molar-refractivity contribution >= 4 is 21.4 Å². The van der Waals surface area contributed by atoms with Gasteiger partial charge in [-0.05, 0) is 41.6 Å². The molecule has 0 saturated carbocycles. The lowest BCUT2D eigenvalue weighted by Crippen LogP contribution is -1.99. The lowest BCUT2D eigenvalue weighted by Gasteiger charge is -2.08. The predicted molar refractivity (Wildman–Crippen MR) is 85.2 cm³/mol. The molecule has 0 aliphatic heterocycles. The first-order valence-electron chi connectivity index (χ1n) is 6.65. The van der Waals surface area contributed by atoms with Crippen LogP contribution in [0, 0.1) is 6.92 Å². The second kappa shape index (κ2) is 5.65. The Bertz CT molecular complexity index is 733. The molecule has 0 bridgehead atoms. The maximum absolute atomic E-state index is 5.90. The molecule has 0 radical (unpaired) electrons. The normalized spacial score (nSPS) is 10.9. The number of fused-ring (bicyclic) bond motifs is 1. The summed E-state index contributed by atoms with van der Waals surface area (Å²) in [7, 11) is 0. The SMILES string of the molecule is Cc1cccc(OCc2csc3cccc(CN)c23)c1. The molecule has 0 atom stereocenters. The van der Waals surface area contributed by atoms with Gasteiger partial charge in [0.25, 0.3) is 0 Å². The first-order valence-corrected chi connectivity index (χ1v) is 7.53. The topological polar surface area (TPSA) is 35.2 Å². The molecule has 0 unspecified atom stereocenters. The molecule has 1 heterocycles. The zero-order chi connectivity index (χ0) is 13.9. The monoisotopic (exact) mass is 283 g/mol. The van der Waals surface area contributed by atoms with Gasteiger partial charge < -0.3 is 10.5 Å². The molecule has 2 aromatic carbocycles. The van der Waals surface area contributed by atoms with Crippen molar-refractivity contribution < 1.29 is 4.74 Å². The second-order valence-corrected chi connectivity index (χ2v) is 5.77. The van der Waals surface area contributed by atoms with Crippen molar-refractivity contribution in [2.45, 2.75) is 20.1 Å². The standard InChI is InChI=1S/C17H17NOS/c1-12-4-2-6-15(8-12)19-10-14-11-20-16-7-3-5-13(9-18)17(14)16/h2-8,11H,9-10,18H2,1H3. The molecule has 1 aromatic heterocycles. The maximum Gasteiger partial charge on any atom is 0.120 e. The van der Waals surface area contributed by atoms with E-state index >= 15 is 0 Å². The van der Waals surface area contributed by atoms with Crippen LogP contribution in [0.15, 0.2) is 47.8 Å². The second-order valence-electron chi connectivity index (χ2n) is 4.86. The number of aryl methyl sites for hydroxylation is 1. The van der Waals surface area contributed by atoms with Gasteiger partial charge in [-0.3, -0.25) is 0 Å². The van der Waals surface area contributed by atoms with Crippen LogP contribution in [-0.4, -0.2) is 0 Å². The number of thiophene rings is 1. The Morgan fingerprint density at radius 2 is 1.95 bits per heavy atom. The van der Waals surface area contributed by atoms with Crippen LogP contribution in [0.5, 0.6) is 5.75 Å².